The predicted octanol–water partition coefficient (Wildman–Crippen LogP) is 1.82. The zero-order valence-corrected chi connectivity index (χ0v) is 15.3. The van der Waals surface area contributed by atoms with Crippen LogP contribution in [0, 0.1) is 11.7 Å². The lowest BCUT2D eigenvalue weighted by Crippen LogP contribution is -2.30. The van der Waals surface area contributed by atoms with Crippen molar-refractivity contribution in [3.8, 4) is 11.5 Å². The summed E-state index contributed by atoms with van der Waals surface area (Å²) in [5, 5.41) is 10.3. The van der Waals surface area contributed by atoms with Gasteiger partial charge in [0.05, 0.1) is 0 Å². The van der Waals surface area contributed by atoms with Gasteiger partial charge in [-0.2, -0.15) is 8.42 Å². The molecule has 3 rings (SSSR count). The number of fused-ring (bicyclic) bond motifs is 1. The molecule has 0 aromatic heterocycles. The van der Waals surface area contributed by atoms with E-state index in [1.807, 2.05) is 13.8 Å². The van der Waals surface area contributed by atoms with Crippen LogP contribution in [0.15, 0.2) is 24.3 Å². The van der Waals surface area contributed by atoms with Crippen LogP contribution in [0.2, 0.25) is 0 Å². The van der Waals surface area contributed by atoms with Crippen LogP contribution in [-0.4, -0.2) is 31.9 Å². The van der Waals surface area contributed by atoms with Crippen LogP contribution in [-0.2, 0) is 19.8 Å². The van der Waals surface area contributed by atoms with E-state index in [0.29, 0.717) is 4.31 Å². The molecule has 2 aromatic rings. The first-order valence-corrected chi connectivity index (χ1v) is 9.51. The van der Waals surface area contributed by atoms with Crippen molar-refractivity contribution in [1.82, 2.24) is 4.72 Å². The molecule has 0 aliphatic carbocycles. The number of benzene rings is 2. The highest BCUT2D eigenvalue weighted by molar-refractivity contribution is 7.92. The van der Waals surface area contributed by atoms with Crippen molar-refractivity contribution in [1.29, 1.82) is 0 Å². The van der Waals surface area contributed by atoms with Crippen LogP contribution in [0.25, 0.3) is 10.8 Å². The maximum Gasteiger partial charge on any atom is 0.326 e. The molecule has 0 spiro atoms. The molecule has 0 atom stereocenters. The van der Waals surface area contributed by atoms with Gasteiger partial charge in [0.2, 0.25) is 0 Å². The number of ether oxygens (including phenoxy) is 1. The number of rotatable bonds is 4. The average Bonchev–Trinajstić information content (AvgIpc) is 2.79. The SMILES string of the molecule is CC(C)CC(=O)Oc1ccc2cc(O)c(N3CC(=O)NS3(=O)=O)c(F)c2c1. The normalized spacial score (nSPS) is 16.0. The number of anilines is 1. The summed E-state index contributed by atoms with van der Waals surface area (Å²) in [6.45, 7) is 3.05. The fourth-order valence-corrected chi connectivity index (χ4v) is 3.92. The number of esters is 1. The molecule has 144 valence electrons. The fraction of sp³-hybridized carbons (Fsp3) is 0.294. The summed E-state index contributed by atoms with van der Waals surface area (Å²) in [5.41, 5.74) is -0.647. The van der Waals surface area contributed by atoms with Gasteiger partial charge >= 0.3 is 16.2 Å². The van der Waals surface area contributed by atoms with Gasteiger partial charge < -0.3 is 9.84 Å². The molecule has 10 heteroatoms. The van der Waals surface area contributed by atoms with Crippen molar-refractivity contribution in [2.24, 2.45) is 5.92 Å². The van der Waals surface area contributed by atoms with Crippen molar-refractivity contribution >= 4 is 38.5 Å². The Labute approximate surface area is 154 Å². The molecule has 0 unspecified atom stereocenters. The number of hydrogen-bond acceptors (Lipinski definition) is 6. The minimum atomic E-state index is -4.30. The van der Waals surface area contributed by atoms with Crippen molar-refractivity contribution in [3.05, 3.63) is 30.1 Å². The Balaban J connectivity index is 2.07. The van der Waals surface area contributed by atoms with Crippen LogP contribution < -0.4 is 13.8 Å². The quantitative estimate of drug-likeness (QED) is 0.602. The molecule has 0 bridgehead atoms. The van der Waals surface area contributed by atoms with Crippen LogP contribution in [0.4, 0.5) is 10.1 Å². The van der Waals surface area contributed by atoms with Gasteiger partial charge in [0, 0.05) is 11.8 Å². The highest BCUT2D eigenvalue weighted by Gasteiger charge is 2.37. The Morgan fingerprint density at radius 2 is 2.07 bits per heavy atom. The van der Waals surface area contributed by atoms with E-state index in [1.54, 1.807) is 4.72 Å². The lowest BCUT2D eigenvalue weighted by Gasteiger charge is -2.18. The third-order valence-corrected chi connectivity index (χ3v) is 5.26. The van der Waals surface area contributed by atoms with E-state index >= 15 is 4.39 Å². The second-order valence-corrected chi connectivity index (χ2v) is 8.15. The molecule has 2 aromatic carbocycles. The van der Waals surface area contributed by atoms with E-state index in [1.165, 1.54) is 24.3 Å². The molecule has 1 heterocycles. The first kappa shape index (κ1) is 18.9. The third kappa shape index (κ3) is 3.65. The number of aromatic hydroxyl groups is 1. The van der Waals surface area contributed by atoms with E-state index < -0.39 is 45.9 Å². The van der Waals surface area contributed by atoms with E-state index in [-0.39, 0.29) is 28.9 Å². The van der Waals surface area contributed by atoms with E-state index in [4.69, 9.17) is 4.74 Å². The van der Waals surface area contributed by atoms with Gasteiger partial charge in [-0.15, -0.1) is 0 Å². The second-order valence-electron chi connectivity index (χ2n) is 6.55. The van der Waals surface area contributed by atoms with Gasteiger partial charge in [-0.3, -0.25) is 9.59 Å². The molecule has 2 N–H and O–H groups in total. The highest BCUT2D eigenvalue weighted by Crippen LogP contribution is 2.39. The van der Waals surface area contributed by atoms with Crippen LogP contribution in [0.1, 0.15) is 20.3 Å². The number of halogens is 1. The van der Waals surface area contributed by atoms with E-state index in [0.717, 1.165) is 0 Å². The second kappa shape index (κ2) is 6.69. The van der Waals surface area contributed by atoms with Gasteiger partial charge in [-0.25, -0.2) is 13.4 Å². The minimum Gasteiger partial charge on any atom is -0.506 e. The number of nitrogens with zero attached hydrogens (tertiary/aromatic N) is 1. The number of phenolic OH excluding ortho intramolecular Hbond substituents is 1. The van der Waals surface area contributed by atoms with Crippen molar-refractivity contribution in [2.75, 3.05) is 10.8 Å². The lowest BCUT2D eigenvalue weighted by atomic mass is 10.1. The highest BCUT2D eigenvalue weighted by atomic mass is 32.2. The molecule has 1 saturated heterocycles. The van der Waals surface area contributed by atoms with E-state index in [9.17, 15) is 23.1 Å². The smallest absolute Gasteiger partial charge is 0.326 e. The molecule has 1 aliphatic rings. The van der Waals surface area contributed by atoms with Gasteiger partial charge in [-0.05, 0) is 29.5 Å². The Morgan fingerprint density at radius 1 is 1.37 bits per heavy atom. The molecule has 27 heavy (non-hydrogen) atoms. The standard InChI is InChI=1S/C17H17FN2O6S/c1-9(2)5-15(23)26-11-4-3-10-6-13(21)17(16(18)12(10)7-11)20-8-14(22)19-27(20,24)25/h3-4,6-7,9,21H,5,8H2,1-2H3,(H,19,22). The molecule has 0 saturated carbocycles. The van der Waals surface area contributed by atoms with Gasteiger partial charge in [-0.1, -0.05) is 19.9 Å². The molecule has 1 aliphatic heterocycles. The maximum absolute atomic E-state index is 15.0. The summed E-state index contributed by atoms with van der Waals surface area (Å²) < 4.78 is 46.3. The Kier molecular flexibility index (Phi) is 4.68. The Bertz CT molecular complexity index is 1050. The fourth-order valence-electron chi connectivity index (χ4n) is 2.76. The van der Waals surface area contributed by atoms with Crippen LogP contribution in [0.3, 0.4) is 0 Å². The lowest BCUT2D eigenvalue weighted by molar-refractivity contribution is -0.135. The summed E-state index contributed by atoms with van der Waals surface area (Å²) in [5.74, 6) is -2.84. The topological polar surface area (TPSA) is 113 Å². The number of carbonyl (C=O) groups is 2. The van der Waals surface area contributed by atoms with E-state index in [2.05, 4.69) is 0 Å². The van der Waals surface area contributed by atoms with Gasteiger partial charge in [0.1, 0.15) is 23.7 Å². The Hall–Kier alpha value is -2.88. The molecule has 1 fully saturated rings. The van der Waals surface area contributed by atoms with Crippen molar-refractivity contribution in [3.63, 3.8) is 0 Å². The zero-order valence-electron chi connectivity index (χ0n) is 14.5. The molecule has 8 nitrogen and oxygen atoms in total. The van der Waals surface area contributed by atoms with Crippen molar-refractivity contribution in [2.45, 2.75) is 20.3 Å². The minimum absolute atomic E-state index is 0.0628. The van der Waals surface area contributed by atoms with Crippen LogP contribution >= 0.6 is 0 Å². The summed E-state index contributed by atoms with van der Waals surface area (Å²) in [4.78, 5) is 23.2. The monoisotopic (exact) mass is 396 g/mol. The van der Waals surface area contributed by atoms with Gasteiger partial charge in [0.25, 0.3) is 5.91 Å². The largest absolute Gasteiger partial charge is 0.506 e. The molecular formula is C17H17FN2O6S. The zero-order chi connectivity index (χ0) is 19.9. The number of hydrogen-bond donors (Lipinski definition) is 2. The predicted molar refractivity (Wildman–Crippen MR) is 95.1 cm³/mol. The van der Waals surface area contributed by atoms with Crippen LogP contribution in [0.5, 0.6) is 11.5 Å². The summed E-state index contributed by atoms with van der Waals surface area (Å²) in [6, 6.07) is 5.29. The first-order chi connectivity index (χ1) is 12.6. The Morgan fingerprint density at radius 3 is 2.67 bits per heavy atom. The summed E-state index contributed by atoms with van der Waals surface area (Å²) in [7, 11) is -4.30. The number of nitrogens with one attached hydrogen (secondary N) is 1. The molecular weight excluding hydrogens is 379 g/mol. The molecule has 0 radical (unpaired) electrons. The van der Waals surface area contributed by atoms with Gasteiger partial charge in [0.15, 0.2) is 5.82 Å². The number of amides is 1. The van der Waals surface area contributed by atoms with Crippen molar-refractivity contribution < 1.29 is 32.2 Å². The maximum atomic E-state index is 15.0. The average molecular weight is 396 g/mol. The summed E-state index contributed by atoms with van der Waals surface area (Å²) >= 11 is 0. The number of phenols is 1. The molecule has 1 amide bonds. The summed E-state index contributed by atoms with van der Waals surface area (Å²) in [6.07, 6.45) is 0.182. The number of carbonyl (C=O) groups excluding carboxylic acids is 2. The third-order valence-electron chi connectivity index (χ3n) is 3.88. The first-order valence-electron chi connectivity index (χ1n) is 8.07.